The SMILES string of the molecule is Cc1nc(C)c(C)s1.Cc1nc(CBr)c(C)s1. The van der Waals surface area contributed by atoms with Gasteiger partial charge in [0.1, 0.15) is 0 Å². The first-order valence-electron chi connectivity index (χ1n) is 5.33. The Morgan fingerprint density at radius 1 is 0.882 bits per heavy atom. The van der Waals surface area contributed by atoms with Crippen LogP contribution >= 0.6 is 38.6 Å². The lowest BCUT2D eigenvalue weighted by atomic mass is 10.4. The summed E-state index contributed by atoms with van der Waals surface area (Å²) in [6.07, 6.45) is 0. The quantitative estimate of drug-likeness (QED) is 0.706. The number of nitrogens with zero attached hydrogens (tertiary/aromatic N) is 2. The van der Waals surface area contributed by atoms with Crippen molar-refractivity contribution in [3.05, 3.63) is 31.2 Å². The molecule has 0 saturated carbocycles. The molecule has 0 bridgehead atoms. The van der Waals surface area contributed by atoms with Gasteiger partial charge in [-0.2, -0.15) is 0 Å². The number of aromatic nitrogens is 2. The summed E-state index contributed by atoms with van der Waals surface area (Å²) in [5, 5.41) is 3.20. The van der Waals surface area contributed by atoms with Gasteiger partial charge in [-0.1, -0.05) is 15.9 Å². The van der Waals surface area contributed by atoms with Crippen molar-refractivity contribution >= 4 is 38.6 Å². The first-order chi connectivity index (χ1) is 7.93. The summed E-state index contributed by atoms with van der Waals surface area (Å²) in [7, 11) is 0. The van der Waals surface area contributed by atoms with Crippen molar-refractivity contribution in [1.29, 1.82) is 0 Å². The van der Waals surface area contributed by atoms with Gasteiger partial charge in [-0.05, 0) is 34.6 Å². The molecule has 2 heterocycles. The van der Waals surface area contributed by atoms with Gasteiger partial charge in [-0.25, -0.2) is 9.97 Å². The molecule has 0 spiro atoms. The van der Waals surface area contributed by atoms with Crippen molar-refractivity contribution < 1.29 is 0 Å². The van der Waals surface area contributed by atoms with Gasteiger partial charge in [-0.15, -0.1) is 22.7 Å². The van der Waals surface area contributed by atoms with Crippen LogP contribution in [0.1, 0.15) is 31.2 Å². The molecular weight excluding hydrogens is 316 g/mol. The van der Waals surface area contributed by atoms with E-state index in [1.54, 1.807) is 22.7 Å². The Morgan fingerprint density at radius 3 is 1.59 bits per heavy atom. The van der Waals surface area contributed by atoms with Gasteiger partial charge in [0.25, 0.3) is 0 Å². The zero-order valence-corrected chi connectivity index (χ0v) is 14.0. The molecule has 0 radical (unpaired) electrons. The maximum atomic E-state index is 4.30. The first kappa shape index (κ1) is 14.8. The maximum Gasteiger partial charge on any atom is 0.0900 e. The van der Waals surface area contributed by atoms with E-state index in [1.807, 2.05) is 20.8 Å². The fourth-order valence-electron chi connectivity index (χ4n) is 1.33. The summed E-state index contributed by atoms with van der Waals surface area (Å²) >= 11 is 6.88. The molecule has 0 aliphatic carbocycles. The minimum atomic E-state index is 0.878. The lowest BCUT2D eigenvalue weighted by molar-refractivity contribution is 1.16. The molecule has 2 aromatic rings. The second-order valence-electron chi connectivity index (χ2n) is 3.74. The molecule has 2 rings (SSSR count). The van der Waals surface area contributed by atoms with Gasteiger partial charge in [0.2, 0.25) is 0 Å². The zero-order valence-electron chi connectivity index (χ0n) is 10.8. The molecule has 0 amide bonds. The summed E-state index contributed by atoms with van der Waals surface area (Å²) in [5.41, 5.74) is 2.35. The van der Waals surface area contributed by atoms with Crippen LogP contribution in [0, 0.1) is 34.6 Å². The van der Waals surface area contributed by atoms with Gasteiger partial charge in [0.15, 0.2) is 0 Å². The molecule has 0 N–H and O–H groups in total. The van der Waals surface area contributed by atoms with Crippen molar-refractivity contribution in [2.24, 2.45) is 0 Å². The molecule has 0 unspecified atom stereocenters. The monoisotopic (exact) mass is 332 g/mol. The van der Waals surface area contributed by atoms with Crippen molar-refractivity contribution in [2.75, 3.05) is 0 Å². The van der Waals surface area contributed by atoms with Crippen LogP contribution in [0.15, 0.2) is 0 Å². The molecule has 0 aliphatic rings. The van der Waals surface area contributed by atoms with Crippen LogP contribution in [-0.2, 0) is 5.33 Å². The number of hydrogen-bond acceptors (Lipinski definition) is 4. The molecule has 17 heavy (non-hydrogen) atoms. The largest absolute Gasteiger partial charge is 0.247 e. The Balaban J connectivity index is 0.000000171. The van der Waals surface area contributed by atoms with Gasteiger partial charge in [0.05, 0.1) is 21.4 Å². The van der Waals surface area contributed by atoms with Crippen LogP contribution in [-0.4, -0.2) is 9.97 Å². The molecular formula is C12H17BrN2S2. The van der Waals surface area contributed by atoms with E-state index in [-0.39, 0.29) is 0 Å². The van der Waals surface area contributed by atoms with Crippen LogP contribution in [0.25, 0.3) is 0 Å². The molecule has 2 nitrogen and oxygen atoms in total. The van der Waals surface area contributed by atoms with Crippen molar-refractivity contribution in [3.8, 4) is 0 Å². The highest BCUT2D eigenvalue weighted by Gasteiger charge is 2.00. The highest BCUT2D eigenvalue weighted by atomic mass is 79.9. The number of hydrogen-bond donors (Lipinski definition) is 0. The third-order valence-electron chi connectivity index (χ3n) is 2.26. The highest BCUT2D eigenvalue weighted by molar-refractivity contribution is 9.08. The molecule has 0 saturated heterocycles. The van der Waals surface area contributed by atoms with Gasteiger partial charge in [-0.3, -0.25) is 0 Å². The summed E-state index contributed by atoms with van der Waals surface area (Å²) in [6.45, 7) is 10.3. The van der Waals surface area contributed by atoms with E-state index < -0.39 is 0 Å². The molecule has 0 aromatic carbocycles. The van der Waals surface area contributed by atoms with E-state index in [4.69, 9.17) is 0 Å². The Bertz CT molecular complexity index is 469. The van der Waals surface area contributed by atoms with E-state index in [0.29, 0.717) is 0 Å². The highest BCUT2D eigenvalue weighted by Crippen LogP contribution is 2.18. The number of alkyl halides is 1. The van der Waals surface area contributed by atoms with Crippen LogP contribution < -0.4 is 0 Å². The predicted molar refractivity (Wildman–Crippen MR) is 80.5 cm³/mol. The van der Waals surface area contributed by atoms with Crippen molar-refractivity contribution in [2.45, 2.75) is 39.9 Å². The summed E-state index contributed by atoms with van der Waals surface area (Å²) < 4.78 is 0. The normalized spacial score (nSPS) is 10.0. The fraction of sp³-hybridized carbons (Fsp3) is 0.500. The third kappa shape index (κ3) is 4.48. The van der Waals surface area contributed by atoms with Gasteiger partial charge >= 0.3 is 0 Å². The van der Waals surface area contributed by atoms with Crippen LogP contribution in [0.2, 0.25) is 0 Å². The van der Waals surface area contributed by atoms with E-state index in [2.05, 4.69) is 39.7 Å². The van der Waals surface area contributed by atoms with Crippen LogP contribution in [0.5, 0.6) is 0 Å². The van der Waals surface area contributed by atoms with E-state index in [0.717, 1.165) is 10.3 Å². The molecule has 0 fully saturated rings. The molecule has 0 atom stereocenters. The topological polar surface area (TPSA) is 25.8 Å². The average Bonchev–Trinajstić information content (AvgIpc) is 2.70. The Hall–Kier alpha value is -0.260. The molecule has 5 heteroatoms. The summed E-state index contributed by atoms with van der Waals surface area (Å²) in [4.78, 5) is 11.2. The number of rotatable bonds is 1. The minimum absolute atomic E-state index is 0.878. The lowest BCUT2D eigenvalue weighted by Gasteiger charge is -1.84. The second-order valence-corrected chi connectivity index (χ2v) is 7.12. The number of aryl methyl sites for hydroxylation is 5. The molecule has 2 aromatic heterocycles. The van der Waals surface area contributed by atoms with Crippen LogP contribution in [0.3, 0.4) is 0 Å². The predicted octanol–water partition coefficient (Wildman–Crippen LogP) is 4.72. The smallest absolute Gasteiger partial charge is 0.0900 e. The summed E-state index contributed by atoms with van der Waals surface area (Å²) in [6, 6.07) is 0. The van der Waals surface area contributed by atoms with Crippen molar-refractivity contribution in [1.82, 2.24) is 9.97 Å². The second kappa shape index (κ2) is 6.61. The fourth-order valence-corrected chi connectivity index (χ4v) is 3.71. The Labute approximate surface area is 119 Å². The Morgan fingerprint density at radius 2 is 1.41 bits per heavy atom. The Kier molecular flexibility index (Phi) is 5.76. The van der Waals surface area contributed by atoms with E-state index in [1.165, 1.54) is 26.1 Å². The van der Waals surface area contributed by atoms with Gasteiger partial charge < -0.3 is 0 Å². The number of halogens is 1. The lowest BCUT2D eigenvalue weighted by Crippen LogP contribution is -1.78. The maximum absolute atomic E-state index is 4.30. The van der Waals surface area contributed by atoms with Crippen LogP contribution in [0.4, 0.5) is 0 Å². The van der Waals surface area contributed by atoms with E-state index in [9.17, 15) is 0 Å². The van der Waals surface area contributed by atoms with Gasteiger partial charge in [0, 0.05) is 15.1 Å². The summed E-state index contributed by atoms with van der Waals surface area (Å²) in [5.74, 6) is 0. The standard InChI is InChI=1S/C6H8BrNS.C6H9NS/c1-4-6(3-7)8-5(2)9-4;1-4-5(2)8-6(3)7-4/h3H2,1-2H3;1-3H3. The third-order valence-corrected chi connectivity index (χ3v) is 4.71. The minimum Gasteiger partial charge on any atom is -0.247 e. The molecule has 94 valence electrons. The zero-order chi connectivity index (χ0) is 13.0. The van der Waals surface area contributed by atoms with E-state index >= 15 is 0 Å². The average molecular weight is 333 g/mol. The molecule has 0 aliphatic heterocycles. The number of thiazole rings is 2. The van der Waals surface area contributed by atoms with Crippen molar-refractivity contribution in [3.63, 3.8) is 0 Å². The first-order valence-corrected chi connectivity index (χ1v) is 8.09.